The molecule has 3 aromatic carbocycles. The highest BCUT2D eigenvalue weighted by Gasteiger charge is 2.32. The third kappa shape index (κ3) is 4.64. The van der Waals surface area contributed by atoms with Crippen LogP contribution >= 0.6 is 23.2 Å². The molecular formula is C21H16Cl2N2O4S. The van der Waals surface area contributed by atoms with Crippen LogP contribution in [0.4, 0.5) is 11.4 Å². The second kappa shape index (κ2) is 8.87. The van der Waals surface area contributed by atoms with Crippen LogP contribution in [-0.4, -0.2) is 20.2 Å². The maximum atomic E-state index is 13.4. The van der Waals surface area contributed by atoms with Crippen LogP contribution in [0.1, 0.15) is 17.3 Å². The SMILES string of the molecule is CC(=O)Nc1ccc(S(=O)(=O)N(C(=O)c2ccccc2)c2ccc(Cl)cc2)cc1Cl. The Labute approximate surface area is 184 Å². The predicted octanol–water partition coefficient (Wildman–Crippen LogP) is 4.99. The number of halogens is 2. The van der Waals surface area contributed by atoms with E-state index in [2.05, 4.69) is 5.32 Å². The van der Waals surface area contributed by atoms with Gasteiger partial charge in [-0.05, 0) is 54.6 Å². The predicted molar refractivity (Wildman–Crippen MR) is 118 cm³/mol. The van der Waals surface area contributed by atoms with Gasteiger partial charge in [-0.15, -0.1) is 0 Å². The normalized spacial score (nSPS) is 11.0. The van der Waals surface area contributed by atoms with Crippen molar-refractivity contribution in [2.24, 2.45) is 0 Å². The second-order valence-corrected chi connectivity index (χ2v) is 8.87. The summed E-state index contributed by atoms with van der Waals surface area (Å²) in [6.07, 6.45) is 0. The van der Waals surface area contributed by atoms with E-state index in [1.165, 1.54) is 61.5 Å². The van der Waals surface area contributed by atoms with Crippen LogP contribution in [-0.2, 0) is 14.8 Å². The lowest BCUT2D eigenvalue weighted by Gasteiger charge is -2.23. The minimum atomic E-state index is -4.34. The Bertz CT molecular complexity index is 1200. The number of hydrogen-bond acceptors (Lipinski definition) is 4. The molecule has 0 aromatic heterocycles. The van der Waals surface area contributed by atoms with Crippen molar-refractivity contribution < 1.29 is 18.0 Å². The van der Waals surface area contributed by atoms with E-state index in [1.807, 2.05) is 0 Å². The number of carbonyl (C=O) groups excluding carboxylic acids is 2. The molecule has 0 aliphatic carbocycles. The summed E-state index contributed by atoms with van der Waals surface area (Å²) in [6.45, 7) is 1.31. The first kappa shape index (κ1) is 21.8. The third-order valence-corrected chi connectivity index (χ3v) is 6.33. The van der Waals surface area contributed by atoms with Gasteiger partial charge in [-0.25, -0.2) is 8.42 Å². The van der Waals surface area contributed by atoms with Gasteiger partial charge in [0.15, 0.2) is 0 Å². The molecule has 2 amide bonds. The summed E-state index contributed by atoms with van der Waals surface area (Å²) in [4.78, 5) is 24.2. The molecule has 0 saturated carbocycles. The summed E-state index contributed by atoms with van der Waals surface area (Å²) >= 11 is 12.1. The Morgan fingerprint density at radius 1 is 0.900 bits per heavy atom. The number of nitrogens with zero attached hydrogens (tertiary/aromatic N) is 1. The van der Waals surface area contributed by atoms with Crippen LogP contribution in [0, 0.1) is 0 Å². The van der Waals surface area contributed by atoms with Crippen molar-refractivity contribution in [2.75, 3.05) is 9.62 Å². The van der Waals surface area contributed by atoms with Crippen molar-refractivity contribution in [2.45, 2.75) is 11.8 Å². The number of nitrogens with one attached hydrogen (secondary N) is 1. The van der Waals surface area contributed by atoms with Crippen molar-refractivity contribution in [3.8, 4) is 0 Å². The third-order valence-electron chi connectivity index (χ3n) is 4.06. The smallest absolute Gasteiger partial charge is 0.272 e. The van der Waals surface area contributed by atoms with Gasteiger partial charge >= 0.3 is 0 Å². The summed E-state index contributed by atoms with van der Waals surface area (Å²) in [5.74, 6) is -1.09. The molecule has 154 valence electrons. The summed E-state index contributed by atoms with van der Waals surface area (Å²) in [7, 11) is -4.34. The van der Waals surface area contributed by atoms with E-state index in [0.29, 0.717) is 9.33 Å². The Morgan fingerprint density at radius 2 is 1.53 bits per heavy atom. The highest BCUT2D eigenvalue weighted by molar-refractivity contribution is 7.93. The van der Waals surface area contributed by atoms with Gasteiger partial charge in [-0.1, -0.05) is 41.4 Å². The van der Waals surface area contributed by atoms with Crippen LogP contribution in [0.25, 0.3) is 0 Å². The molecule has 3 rings (SSSR count). The van der Waals surface area contributed by atoms with Gasteiger partial charge in [0.1, 0.15) is 0 Å². The van der Waals surface area contributed by atoms with Crippen LogP contribution in [0.2, 0.25) is 10.0 Å². The van der Waals surface area contributed by atoms with Gasteiger partial charge in [-0.2, -0.15) is 4.31 Å². The molecule has 3 aromatic rings. The van der Waals surface area contributed by atoms with Gasteiger partial charge < -0.3 is 5.32 Å². The molecule has 0 spiro atoms. The number of benzene rings is 3. The zero-order valence-corrected chi connectivity index (χ0v) is 18.0. The lowest BCUT2D eigenvalue weighted by molar-refractivity contribution is -0.114. The number of hydrogen-bond donors (Lipinski definition) is 1. The molecule has 0 fully saturated rings. The van der Waals surface area contributed by atoms with Crippen LogP contribution in [0.3, 0.4) is 0 Å². The fourth-order valence-corrected chi connectivity index (χ4v) is 4.55. The molecular weight excluding hydrogens is 447 g/mol. The molecule has 30 heavy (non-hydrogen) atoms. The molecule has 0 unspecified atom stereocenters. The van der Waals surface area contributed by atoms with Gasteiger partial charge in [-0.3, -0.25) is 9.59 Å². The molecule has 0 heterocycles. The molecule has 0 bridgehead atoms. The molecule has 0 radical (unpaired) electrons. The zero-order chi connectivity index (χ0) is 21.9. The summed E-state index contributed by atoms with van der Waals surface area (Å²) in [6, 6.07) is 17.7. The number of sulfonamides is 1. The van der Waals surface area contributed by atoms with E-state index in [4.69, 9.17) is 23.2 Å². The standard InChI is InChI=1S/C21H16Cl2N2O4S/c1-14(26)24-20-12-11-18(13-19(20)23)30(28,29)25(17-9-7-16(22)8-10-17)21(27)15-5-3-2-4-6-15/h2-13H,1H3,(H,24,26). The summed E-state index contributed by atoms with van der Waals surface area (Å²) < 4.78 is 27.6. The lowest BCUT2D eigenvalue weighted by atomic mass is 10.2. The Balaban J connectivity index is 2.12. The maximum absolute atomic E-state index is 13.4. The van der Waals surface area contributed by atoms with E-state index >= 15 is 0 Å². The molecule has 0 saturated heterocycles. The fourth-order valence-electron chi connectivity index (χ4n) is 2.69. The highest BCUT2D eigenvalue weighted by Crippen LogP contribution is 2.31. The van der Waals surface area contributed by atoms with E-state index in [1.54, 1.807) is 18.2 Å². The zero-order valence-electron chi connectivity index (χ0n) is 15.7. The number of rotatable bonds is 5. The Kier molecular flexibility index (Phi) is 6.45. The van der Waals surface area contributed by atoms with Crippen molar-refractivity contribution >= 4 is 56.4 Å². The largest absolute Gasteiger partial charge is 0.325 e. The number of amides is 2. The van der Waals surface area contributed by atoms with Gasteiger partial charge in [0.25, 0.3) is 15.9 Å². The number of carbonyl (C=O) groups is 2. The van der Waals surface area contributed by atoms with Gasteiger partial charge in [0.05, 0.1) is 21.3 Å². The minimum Gasteiger partial charge on any atom is -0.325 e. The highest BCUT2D eigenvalue weighted by atomic mass is 35.5. The lowest BCUT2D eigenvalue weighted by Crippen LogP contribution is -2.37. The van der Waals surface area contributed by atoms with Crippen molar-refractivity contribution in [1.82, 2.24) is 0 Å². The first-order valence-electron chi connectivity index (χ1n) is 8.67. The maximum Gasteiger partial charge on any atom is 0.272 e. The molecule has 1 N–H and O–H groups in total. The summed E-state index contributed by atoms with van der Waals surface area (Å²) in [5.41, 5.74) is 0.572. The van der Waals surface area contributed by atoms with Crippen molar-refractivity contribution in [1.29, 1.82) is 0 Å². The molecule has 0 atom stereocenters. The number of anilines is 2. The minimum absolute atomic E-state index is 0.0227. The van der Waals surface area contributed by atoms with Crippen molar-refractivity contribution in [3.05, 3.63) is 88.4 Å². The molecule has 6 nitrogen and oxygen atoms in total. The summed E-state index contributed by atoms with van der Waals surface area (Å²) in [5, 5.41) is 2.92. The Hall–Kier alpha value is -2.87. The monoisotopic (exact) mass is 462 g/mol. The van der Waals surface area contributed by atoms with E-state index < -0.39 is 15.9 Å². The average Bonchev–Trinajstić information content (AvgIpc) is 2.71. The van der Waals surface area contributed by atoms with Crippen LogP contribution < -0.4 is 9.62 Å². The average molecular weight is 463 g/mol. The quantitative estimate of drug-likeness (QED) is 0.578. The molecule has 0 aliphatic heterocycles. The second-order valence-electron chi connectivity index (χ2n) is 6.24. The first-order chi connectivity index (χ1) is 14.2. The molecule has 9 heteroatoms. The van der Waals surface area contributed by atoms with E-state index in [-0.39, 0.29) is 32.8 Å². The Morgan fingerprint density at radius 3 is 2.10 bits per heavy atom. The van der Waals surface area contributed by atoms with Crippen molar-refractivity contribution in [3.63, 3.8) is 0 Å². The fraction of sp³-hybridized carbons (Fsp3) is 0.0476. The van der Waals surface area contributed by atoms with Gasteiger partial charge in [0, 0.05) is 17.5 Å². The van der Waals surface area contributed by atoms with Gasteiger partial charge in [0.2, 0.25) is 5.91 Å². The topological polar surface area (TPSA) is 83.6 Å². The van der Waals surface area contributed by atoms with E-state index in [9.17, 15) is 18.0 Å². The van der Waals surface area contributed by atoms with Crippen LogP contribution in [0.15, 0.2) is 77.7 Å². The molecule has 0 aliphatic rings. The van der Waals surface area contributed by atoms with Crippen LogP contribution in [0.5, 0.6) is 0 Å². The first-order valence-corrected chi connectivity index (χ1v) is 10.9. The van der Waals surface area contributed by atoms with E-state index in [0.717, 1.165) is 0 Å².